The fourth-order valence-corrected chi connectivity index (χ4v) is 7.16. The molecule has 238 valence electrons. The van der Waals surface area contributed by atoms with Crippen LogP contribution in [0.25, 0.3) is 0 Å². The Morgan fingerprint density at radius 2 is 0.767 bits per heavy atom. The summed E-state index contributed by atoms with van der Waals surface area (Å²) in [7, 11) is -6.64. The summed E-state index contributed by atoms with van der Waals surface area (Å²) in [6.45, 7) is 25.9. The van der Waals surface area contributed by atoms with E-state index < -0.39 is 44.9 Å². The average molecular weight is 779 g/mol. The fourth-order valence-electron chi connectivity index (χ4n) is 3.44. The van der Waals surface area contributed by atoms with Gasteiger partial charge in [-0.25, -0.2) is 9.59 Å². The quantitative estimate of drug-likeness (QED) is 0.179. The SMILES string of the molecule is C[Si](C)(C)N=C(N[Si](C)(C)C)c1ccccc1C(=O)O.C[Si](C)(C)N=C(N[Si](C)(C)C)c1ccccc1C(=O)O.[Cl-].[Cl-].[Zr+2]. The minimum Gasteiger partial charge on any atom is -1.00 e. The number of carbonyl (C=O) groups is 2. The van der Waals surface area contributed by atoms with Crippen molar-refractivity contribution in [3.8, 4) is 0 Å². The molecule has 4 N–H and O–H groups in total. The van der Waals surface area contributed by atoms with Gasteiger partial charge in [0.25, 0.3) is 0 Å². The van der Waals surface area contributed by atoms with E-state index in [0.717, 1.165) is 11.7 Å². The number of amidine groups is 2. The zero-order chi connectivity index (χ0) is 31.1. The first-order valence-corrected chi connectivity index (χ1v) is 27.3. The zero-order valence-electron chi connectivity index (χ0n) is 27.5. The summed E-state index contributed by atoms with van der Waals surface area (Å²) in [5.41, 5.74) is 1.97. The van der Waals surface area contributed by atoms with Gasteiger partial charge in [-0.3, -0.25) is 0 Å². The molecule has 0 amide bonds. The first-order valence-electron chi connectivity index (χ1n) is 13.4. The second kappa shape index (κ2) is 18.6. The molecule has 0 aliphatic rings. The van der Waals surface area contributed by atoms with Gasteiger partial charge in [-0.1, -0.05) is 75.7 Å². The Labute approximate surface area is 294 Å². The molecule has 2 aromatic carbocycles. The van der Waals surface area contributed by atoms with Crippen molar-refractivity contribution in [3.63, 3.8) is 0 Å². The van der Waals surface area contributed by atoms with Crippen LogP contribution in [0.1, 0.15) is 31.8 Å². The second-order valence-electron chi connectivity index (χ2n) is 13.7. The molecule has 0 saturated carbocycles. The van der Waals surface area contributed by atoms with Crippen LogP contribution in [0.5, 0.6) is 0 Å². The van der Waals surface area contributed by atoms with Crippen LogP contribution in [0, 0.1) is 0 Å². The van der Waals surface area contributed by atoms with Crippen molar-refractivity contribution < 1.29 is 70.8 Å². The Morgan fingerprint density at radius 1 is 0.535 bits per heavy atom. The Bertz CT molecular complexity index is 1170. The van der Waals surface area contributed by atoms with Crippen molar-refractivity contribution in [3.05, 3.63) is 70.8 Å². The Hall–Kier alpha value is -1.35. The van der Waals surface area contributed by atoms with Crippen LogP contribution >= 0.6 is 0 Å². The molecule has 0 radical (unpaired) electrons. The van der Waals surface area contributed by atoms with Gasteiger partial charge in [-0.05, 0) is 51.4 Å². The number of rotatable bonds is 8. The second-order valence-corrected chi connectivity index (χ2v) is 32.3. The summed E-state index contributed by atoms with van der Waals surface area (Å²) in [5.74, 6) is -0.356. The normalized spacial score (nSPS) is 12.3. The Balaban J connectivity index is -0.000000696. The number of hydrogen-bond donors (Lipinski definition) is 4. The van der Waals surface area contributed by atoms with E-state index in [-0.39, 0.29) is 51.0 Å². The van der Waals surface area contributed by atoms with Gasteiger partial charge in [-0.2, -0.15) is 0 Å². The van der Waals surface area contributed by atoms with Crippen LogP contribution in [-0.2, 0) is 26.2 Å². The van der Waals surface area contributed by atoms with Gasteiger partial charge in [-0.15, -0.1) is 0 Å². The third-order valence-corrected chi connectivity index (χ3v) is 8.47. The largest absolute Gasteiger partial charge is 2.00 e. The van der Waals surface area contributed by atoms with Crippen LogP contribution in [0.4, 0.5) is 0 Å². The van der Waals surface area contributed by atoms with Gasteiger partial charge in [0.05, 0.1) is 11.1 Å². The molecule has 0 atom stereocenters. The van der Waals surface area contributed by atoms with E-state index in [1.54, 1.807) is 24.3 Å². The summed E-state index contributed by atoms with van der Waals surface area (Å²) in [5, 5.41) is 18.7. The van der Waals surface area contributed by atoms with Crippen molar-refractivity contribution in [2.24, 2.45) is 9.32 Å². The molecular weight excluding hydrogens is 731 g/mol. The number of carboxylic acid groups (broad SMARTS) is 2. The first kappa shape index (κ1) is 46.1. The molecule has 2 rings (SSSR count). The molecule has 0 aromatic heterocycles. The molecule has 0 spiro atoms. The maximum absolute atomic E-state index is 11.4. The van der Waals surface area contributed by atoms with Crippen LogP contribution in [0.2, 0.25) is 78.6 Å². The van der Waals surface area contributed by atoms with E-state index in [0.29, 0.717) is 22.3 Å². The number of hydrogen-bond acceptors (Lipinski definition) is 4. The van der Waals surface area contributed by atoms with E-state index in [9.17, 15) is 19.8 Å². The topological polar surface area (TPSA) is 123 Å². The molecule has 2 aromatic rings. The summed E-state index contributed by atoms with van der Waals surface area (Å²) in [4.78, 5) is 29.8. The van der Waals surface area contributed by atoms with E-state index in [2.05, 4.69) is 88.5 Å². The maximum atomic E-state index is 11.4. The van der Waals surface area contributed by atoms with E-state index in [1.807, 2.05) is 24.3 Å². The molecule has 0 aliphatic carbocycles. The molecule has 0 aliphatic heterocycles. The summed E-state index contributed by atoms with van der Waals surface area (Å²) in [6, 6.07) is 14.1. The van der Waals surface area contributed by atoms with Crippen LogP contribution < -0.4 is 34.8 Å². The van der Waals surface area contributed by atoms with Crippen LogP contribution in [0.15, 0.2) is 57.8 Å². The number of nitrogens with zero attached hydrogens (tertiary/aromatic N) is 2. The van der Waals surface area contributed by atoms with Crippen molar-refractivity contribution in [2.75, 3.05) is 0 Å². The number of nitrogens with one attached hydrogen (secondary N) is 2. The van der Waals surface area contributed by atoms with Gasteiger partial charge in [0.1, 0.15) is 28.1 Å². The Morgan fingerprint density at radius 3 is 0.953 bits per heavy atom. The summed E-state index contributed by atoms with van der Waals surface area (Å²) >= 11 is 0. The van der Waals surface area contributed by atoms with Crippen molar-refractivity contribution in [2.45, 2.75) is 78.6 Å². The van der Waals surface area contributed by atoms with Gasteiger partial charge in [0, 0.05) is 11.1 Å². The Kier molecular flexibility index (Phi) is 19.9. The molecule has 0 fully saturated rings. The molecule has 0 heterocycles. The average Bonchev–Trinajstić information content (AvgIpc) is 2.75. The molecule has 0 bridgehead atoms. The maximum Gasteiger partial charge on any atom is 2.00 e. The van der Waals surface area contributed by atoms with Crippen molar-refractivity contribution in [1.29, 1.82) is 0 Å². The van der Waals surface area contributed by atoms with Crippen molar-refractivity contribution >= 4 is 56.6 Å². The molecule has 43 heavy (non-hydrogen) atoms. The number of halogens is 2. The monoisotopic (exact) mass is 776 g/mol. The smallest absolute Gasteiger partial charge is 1.00 e. The molecule has 8 nitrogen and oxygen atoms in total. The molecule has 15 heteroatoms. The molecular formula is C28H48Cl2N4O4Si4Zr. The summed E-state index contributed by atoms with van der Waals surface area (Å²) < 4.78 is 9.65. The third-order valence-electron chi connectivity index (χ3n) is 4.71. The number of benzene rings is 2. The van der Waals surface area contributed by atoms with Gasteiger partial charge >= 0.3 is 38.1 Å². The fraction of sp³-hybridized carbons (Fsp3) is 0.429. The first-order chi connectivity index (χ1) is 18.0. The van der Waals surface area contributed by atoms with E-state index in [4.69, 9.17) is 9.32 Å². The molecule has 0 unspecified atom stereocenters. The molecule has 0 saturated heterocycles. The minimum absolute atomic E-state index is 0. The van der Waals surface area contributed by atoms with E-state index in [1.165, 1.54) is 0 Å². The number of aromatic carboxylic acids is 2. The minimum atomic E-state index is -1.71. The standard InChI is InChI=1S/2C14H24N2O2Si2.2ClH.Zr/c2*1-19(2,3)15-13(16-20(4,5)6)11-9-7-8-10-12(11)14(17)18;;;/h2*7-10H,1-6H3,(H,15,16)(H,17,18);2*1H;/q;;;;+2/p-2. The van der Waals surface area contributed by atoms with Gasteiger partial charge < -0.3 is 54.3 Å². The van der Waals surface area contributed by atoms with Gasteiger partial charge in [0.2, 0.25) is 0 Å². The van der Waals surface area contributed by atoms with E-state index >= 15 is 0 Å². The summed E-state index contributed by atoms with van der Waals surface area (Å²) in [6.07, 6.45) is 0. The zero-order valence-corrected chi connectivity index (χ0v) is 35.4. The van der Waals surface area contributed by atoms with Crippen molar-refractivity contribution in [1.82, 2.24) is 9.96 Å². The van der Waals surface area contributed by atoms with Gasteiger partial charge in [0.15, 0.2) is 16.5 Å². The predicted octanol–water partition coefficient (Wildman–Crippen LogP) is 0.787. The van der Waals surface area contributed by atoms with Crippen LogP contribution in [0.3, 0.4) is 0 Å². The van der Waals surface area contributed by atoms with Crippen LogP contribution in [-0.4, -0.2) is 66.8 Å². The predicted molar refractivity (Wildman–Crippen MR) is 180 cm³/mol. The third kappa shape index (κ3) is 18.9. The number of carboxylic acids is 2.